The van der Waals surface area contributed by atoms with Crippen molar-refractivity contribution in [2.75, 3.05) is 0 Å². The zero-order chi connectivity index (χ0) is 16.7. The molecule has 1 heterocycles. The van der Waals surface area contributed by atoms with Crippen LogP contribution in [0.2, 0.25) is 0 Å². The highest BCUT2D eigenvalue weighted by Gasteiger charge is 2.21. The monoisotopic (exact) mass is 313 g/mol. The smallest absolute Gasteiger partial charge is 0.339 e. The first-order valence-electron chi connectivity index (χ1n) is 7.28. The lowest BCUT2D eigenvalue weighted by molar-refractivity contribution is 0.0694. The number of nitrogens with zero attached hydrogens (tertiary/aromatic N) is 1. The van der Waals surface area contributed by atoms with Gasteiger partial charge in [0, 0.05) is 24.1 Å². The second-order valence-electron chi connectivity index (χ2n) is 5.41. The SMILES string of the molecule is CCc1c(-c2ccccc2F)n(C)c2cc(O)c(C(=O)O)cc12. The molecule has 0 saturated heterocycles. The third-order valence-corrected chi connectivity index (χ3v) is 4.13. The molecule has 3 aromatic rings. The molecule has 2 N–H and O–H groups in total. The quantitative estimate of drug-likeness (QED) is 0.769. The second kappa shape index (κ2) is 5.43. The molecule has 2 aromatic carbocycles. The van der Waals surface area contributed by atoms with Crippen LogP contribution in [0.3, 0.4) is 0 Å². The fourth-order valence-corrected chi connectivity index (χ4v) is 3.07. The second-order valence-corrected chi connectivity index (χ2v) is 5.41. The molecule has 0 fully saturated rings. The van der Waals surface area contributed by atoms with Crippen LogP contribution in [0.5, 0.6) is 5.75 Å². The van der Waals surface area contributed by atoms with Crippen LogP contribution in [-0.2, 0) is 13.5 Å². The van der Waals surface area contributed by atoms with Gasteiger partial charge < -0.3 is 14.8 Å². The number of rotatable bonds is 3. The zero-order valence-corrected chi connectivity index (χ0v) is 12.8. The Morgan fingerprint density at radius 1 is 1.26 bits per heavy atom. The highest BCUT2D eigenvalue weighted by Crippen LogP contribution is 2.37. The Kier molecular flexibility index (Phi) is 3.56. The van der Waals surface area contributed by atoms with E-state index in [0.717, 1.165) is 5.56 Å². The number of aromatic nitrogens is 1. The number of aryl methyl sites for hydroxylation is 2. The van der Waals surface area contributed by atoms with Gasteiger partial charge in [-0.2, -0.15) is 0 Å². The summed E-state index contributed by atoms with van der Waals surface area (Å²) in [4.78, 5) is 11.3. The van der Waals surface area contributed by atoms with Crippen molar-refractivity contribution in [3.05, 3.63) is 53.3 Å². The number of fused-ring (bicyclic) bond motifs is 1. The molecule has 0 aliphatic heterocycles. The summed E-state index contributed by atoms with van der Waals surface area (Å²) >= 11 is 0. The molecular weight excluding hydrogens is 297 g/mol. The average molecular weight is 313 g/mol. The van der Waals surface area contributed by atoms with E-state index in [1.165, 1.54) is 18.2 Å². The minimum Gasteiger partial charge on any atom is -0.507 e. The van der Waals surface area contributed by atoms with Crippen molar-refractivity contribution >= 4 is 16.9 Å². The summed E-state index contributed by atoms with van der Waals surface area (Å²) in [6, 6.07) is 9.35. The highest BCUT2D eigenvalue weighted by molar-refractivity contribution is 6.00. The van der Waals surface area contributed by atoms with Gasteiger partial charge in [-0.3, -0.25) is 0 Å². The highest BCUT2D eigenvalue weighted by atomic mass is 19.1. The molecule has 0 aliphatic rings. The van der Waals surface area contributed by atoms with Crippen molar-refractivity contribution in [3.63, 3.8) is 0 Å². The maximum Gasteiger partial charge on any atom is 0.339 e. The lowest BCUT2D eigenvalue weighted by Gasteiger charge is -2.08. The van der Waals surface area contributed by atoms with Crippen LogP contribution in [0.4, 0.5) is 4.39 Å². The largest absolute Gasteiger partial charge is 0.507 e. The maximum atomic E-state index is 14.2. The molecule has 0 atom stereocenters. The molecule has 0 bridgehead atoms. The Hall–Kier alpha value is -2.82. The summed E-state index contributed by atoms with van der Waals surface area (Å²) in [7, 11) is 1.78. The lowest BCUT2D eigenvalue weighted by Crippen LogP contribution is -1.97. The molecule has 0 saturated carbocycles. The predicted molar refractivity (Wildman–Crippen MR) is 86.3 cm³/mol. The summed E-state index contributed by atoms with van der Waals surface area (Å²) in [5.41, 5.74) is 2.53. The number of hydrogen-bond donors (Lipinski definition) is 2. The average Bonchev–Trinajstić information content (AvgIpc) is 2.78. The van der Waals surface area contributed by atoms with Gasteiger partial charge in [0.1, 0.15) is 17.1 Å². The zero-order valence-electron chi connectivity index (χ0n) is 12.8. The van der Waals surface area contributed by atoms with Gasteiger partial charge >= 0.3 is 5.97 Å². The molecule has 1 aromatic heterocycles. The van der Waals surface area contributed by atoms with E-state index < -0.39 is 5.97 Å². The lowest BCUT2D eigenvalue weighted by atomic mass is 10.0. The summed E-state index contributed by atoms with van der Waals surface area (Å²) in [6.45, 7) is 1.94. The Labute approximate surface area is 132 Å². The summed E-state index contributed by atoms with van der Waals surface area (Å²) in [5, 5.41) is 19.8. The van der Waals surface area contributed by atoms with Crippen molar-refractivity contribution in [3.8, 4) is 17.0 Å². The van der Waals surface area contributed by atoms with E-state index in [1.54, 1.807) is 29.8 Å². The number of aromatic hydroxyl groups is 1. The van der Waals surface area contributed by atoms with Gasteiger partial charge in [0.05, 0.1) is 11.2 Å². The van der Waals surface area contributed by atoms with E-state index in [2.05, 4.69) is 0 Å². The van der Waals surface area contributed by atoms with Crippen molar-refractivity contribution in [1.82, 2.24) is 4.57 Å². The fraction of sp³-hybridized carbons (Fsp3) is 0.167. The van der Waals surface area contributed by atoms with Crippen molar-refractivity contribution in [2.45, 2.75) is 13.3 Å². The molecule has 0 unspecified atom stereocenters. The van der Waals surface area contributed by atoms with Gasteiger partial charge in [0.15, 0.2) is 0 Å². The molecule has 0 radical (unpaired) electrons. The molecule has 4 nitrogen and oxygen atoms in total. The molecule has 118 valence electrons. The Morgan fingerprint density at radius 3 is 2.57 bits per heavy atom. The number of carbonyl (C=O) groups is 1. The van der Waals surface area contributed by atoms with Crippen LogP contribution < -0.4 is 0 Å². The van der Waals surface area contributed by atoms with Gasteiger partial charge in [-0.1, -0.05) is 19.1 Å². The number of aromatic carboxylic acids is 1. The Bertz CT molecular complexity index is 928. The summed E-state index contributed by atoms with van der Waals surface area (Å²) in [5.74, 6) is -1.83. The van der Waals surface area contributed by atoms with E-state index in [4.69, 9.17) is 0 Å². The topological polar surface area (TPSA) is 62.5 Å². The van der Waals surface area contributed by atoms with Crippen LogP contribution in [0.15, 0.2) is 36.4 Å². The van der Waals surface area contributed by atoms with Gasteiger partial charge in [-0.05, 0) is 30.2 Å². The number of carboxylic acids is 1. The molecule has 0 aliphatic carbocycles. The number of benzene rings is 2. The molecular formula is C18H16FNO3. The standard InChI is InChI=1S/C18H16FNO3/c1-3-10-12-8-13(18(22)23)16(21)9-15(12)20(2)17(10)11-6-4-5-7-14(11)19/h4-9,21H,3H2,1-2H3,(H,22,23). The van der Waals surface area contributed by atoms with Gasteiger partial charge in [0.2, 0.25) is 0 Å². The number of phenols is 1. The van der Waals surface area contributed by atoms with Gasteiger partial charge in [-0.25, -0.2) is 9.18 Å². The molecule has 0 spiro atoms. The van der Waals surface area contributed by atoms with E-state index in [-0.39, 0.29) is 17.1 Å². The maximum absolute atomic E-state index is 14.2. The normalized spacial score (nSPS) is 11.1. The fourth-order valence-electron chi connectivity index (χ4n) is 3.07. The molecule has 0 amide bonds. The van der Waals surface area contributed by atoms with Gasteiger partial charge in [0.25, 0.3) is 0 Å². The molecule has 5 heteroatoms. The van der Waals surface area contributed by atoms with Crippen LogP contribution >= 0.6 is 0 Å². The minimum absolute atomic E-state index is 0.155. The van der Waals surface area contributed by atoms with Crippen LogP contribution in [-0.4, -0.2) is 20.7 Å². The van der Waals surface area contributed by atoms with Crippen molar-refractivity contribution in [2.24, 2.45) is 7.05 Å². The van der Waals surface area contributed by atoms with E-state index >= 15 is 0 Å². The Morgan fingerprint density at radius 2 is 1.96 bits per heavy atom. The first-order chi connectivity index (χ1) is 11.0. The summed E-state index contributed by atoms with van der Waals surface area (Å²) in [6.07, 6.45) is 0.616. The minimum atomic E-state index is -1.19. The van der Waals surface area contributed by atoms with Gasteiger partial charge in [-0.15, -0.1) is 0 Å². The third-order valence-electron chi connectivity index (χ3n) is 4.13. The van der Waals surface area contributed by atoms with E-state index in [9.17, 15) is 19.4 Å². The van der Waals surface area contributed by atoms with E-state index in [1.807, 2.05) is 6.92 Å². The first-order valence-corrected chi connectivity index (χ1v) is 7.28. The van der Waals surface area contributed by atoms with Crippen molar-refractivity contribution < 1.29 is 19.4 Å². The van der Waals surface area contributed by atoms with Crippen LogP contribution in [0.1, 0.15) is 22.8 Å². The third kappa shape index (κ3) is 2.25. The Balaban J connectivity index is 2.42. The summed E-state index contributed by atoms with van der Waals surface area (Å²) < 4.78 is 16.0. The molecule has 3 rings (SSSR count). The number of carboxylic acid groups (broad SMARTS) is 1. The number of halogens is 1. The van der Waals surface area contributed by atoms with Crippen molar-refractivity contribution in [1.29, 1.82) is 0 Å². The molecule has 23 heavy (non-hydrogen) atoms. The van der Waals surface area contributed by atoms with Crippen LogP contribution in [0.25, 0.3) is 22.2 Å². The predicted octanol–water partition coefficient (Wildman–Crippen LogP) is 3.95. The van der Waals surface area contributed by atoms with Crippen LogP contribution in [0, 0.1) is 5.82 Å². The number of hydrogen-bond acceptors (Lipinski definition) is 2. The van der Waals surface area contributed by atoms with E-state index in [0.29, 0.717) is 28.6 Å². The first kappa shape index (κ1) is 15.1.